The number of nitrogens with one attached hydrogen (secondary N) is 2. The highest BCUT2D eigenvalue weighted by Gasteiger charge is 2.23. The summed E-state index contributed by atoms with van der Waals surface area (Å²) >= 11 is 0. The fourth-order valence-corrected chi connectivity index (χ4v) is 4.36. The van der Waals surface area contributed by atoms with Crippen LogP contribution >= 0.6 is 0 Å². The van der Waals surface area contributed by atoms with Gasteiger partial charge in [-0.25, -0.2) is 0 Å². The predicted octanol–water partition coefficient (Wildman–Crippen LogP) is 2.08. The molecule has 2 aliphatic rings. The summed E-state index contributed by atoms with van der Waals surface area (Å²) < 4.78 is 0. The van der Waals surface area contributed by atoms with E-state index in [1.165, 1.54) is 38.8 Å². The van der Waals surface area contributed by atoms with Crippen LogP contribution in [0.2, 0.25) is 0 Å². The number of aliphatic imine (C=N–C) groups is 1. The molecule has 2 atom stereocenters. The summed E-state index contributed by atoms with van der Waals surface area (Å²) in [6.07, 6.45) is 5.48. The molecule has 0 bridgehead atoms. The maximum absolute atomic E-state index is 4.92. The number of likely N-dealkylation sites (N-methyl/N-ethyl adjacent to an activating group) is 1. The highest BCUT2D eigenvalue weighted by molar-refractivity contribution is 5.79. The fraction of sp³-hybridized carbons (Fsp3) is 0.955. The van der Waals surface area contributed by atoms with E-state index >= 15 is 0 Å². The highest BCUT2D eigenvalue weighted by Crippen LogP contribution is 2.17. The highest BCUT2D eigenvalue weighted by atomic mass is 15.3. The number of rotatable bonds is 8. The van der Waals surface area contributed by atoms with Crippen LogP contribution in [0, 0.1) is 5.92 Å². The number of guanidine groups is 1. The summed E-state index contributed by atoms with van der Waals surface area (Å²) in [4.78, 5) is 12.6. The molecule has 2 unspecified atom stereocenters. The lowest BCUT2D eigenvalue weighted by atomic mass is 10.0. The number of piperazine rings is 1. The molecule has 28 heavy (non-hydrogen) atoms. The van der Waals surface area contributed by atoms with Gasteiger partial charge in [0.05, 0.1) is 6.54 Å². The van der Waals surface area contributed by atoms with Gasteiger partial charge in [-0.05, 0) is 52.7 Å². The van der Waals surface area contributed by atoms with Crippen LogP contribution in [-0.4, -0.2) is 98.7 Å². The van der Waals surface area contributed by atoms with Crippen LogP contribution in [0.1, 0.15) is 53.4 Å². The molecule has 0 aromatic carbocycles. The molecule has 0 amide bonds. The predicted molar refractivity (Wildman–Crippen MR) is 121 cm³/mol. The topological polar surface area (TPSA) is 46.1 Å². The van der Waals surface area contributed by atoms with Crippen LogP contribution in [0.5, 0.6) is 0 Å². The SMILES string of the molecule is CCNC(=NCC(C)N1CCN(C)CC1)NCC(C(C)C)N1CCCCCC1. The molecule has 2 N–H and O–H groups in total. The van der Waals surface area contributed by atoms with E-state index in [-0.39, 0.29) is 0 Å². The summed E-state index contributed by atoms with van der Waals surface area (Å²) in [5.74, 6) is 1.63. The van der Waals surface area contributed by atoms with E-state index in [9.17, 15) is 0 Å². The molecular weight excluding hydrogens is 348 g/mol. The van der Waals surface area contributed by atoms with Crippen LogP contribution in [0.25, 0.3) is 0 Å². The quantitative estimate of drug-likeness (QED) is 0.488. The van der Waals surface area contributed by atoms with Gasteiger partial charge in [0, 0.05) is 51.4 Å². The van der Waals surface area contributed by atoms with E-state index in [1.807, 2.05) is 0 Å². The summed E-state index contributed by atoms with van der Waals surface area (Å²) in [7, 11) is 2.21. The summed E-state index contributed by atoms with van der Waals surface area (Å²) in [5, 5.41) is 7.11. The first-order valence-electron chi connectivity index (χ1n) is 11.7. The molecule has 164 valence electrons. The number of nitrogens with zero attached hydrogens (tertiary/aromatic N) is 4. The van der Waals surface area contributed by atoms with Crippen molar-refractivity contribution >= 4 is 5.96 Å². The van der Waals surface area contributed by atoms with Crippen molar-refractivity contribution < 1.29 is 0 Å². The largest absolute Gasteiger partial charge is 0.357 e. The van der Waals surface area contributed by atoms with Crippen LogP contribution in [0.4, 0.5) is 0 Å². The van der Waals surface area contributed by atoms with Gasteiger partial charge in [-0.1, -0.05) is 26.7 Å². The molecule has 0 radical (unpaired) electrons. The van der Waals surface area contributed by atoms with E-state index < -0.39 is 0 Å². The molecule has 2 aliphatic heterocycles. The van der Waals surface area contributed by atoms with E-state index in [1.54, 1.807) is 0 Å². The molecule has 0 spiro atoms. The second-order valence-electron chi connectivity index (χ2n) is 9.05. The lowest BCUT2D eigenvalue weighted by Gasteiger charge is -2.36. The van der Waals surface area contributed by atoms with Crippen molar-refractivity contribution in [1.82, 2.24) is 25.3 Å². The van der Waals surface area contributed by atoms with Crippen LogP contribution in [0.3, 0.4) is 0 Å². The summed E-state index contributed by atoms with van der Waals surface area (Å²) in [5.41, 5.74) is 0. The van der Waals surface area contributed by atoms with Gasteiger partial charge < -0.3 is 15.5 Å². The zero-order valence-corrected chi connectivity index (χ0v) is 19.2. The van der Waals surface area contributed by atoms with Gasteiger partial charge in [0.2, 0.25) is 0 Å². The first-order valence-corrected chi connectivity index (χ1v) is 11.7. The minimum absolute atomic E-state index is 0.496. The van der Waals surface area contributed by atoms with Gasteiger partial charge in [0.15, 0.2) is 5.96 Å². The summed E-state index contributed by atoms with van der Waals surface area (Å²) in [6, 6.07) is 1.08. The average Bonchev–Trinajstić information content (AvgIpc) is 2.95. The van der Waals surface area contributed by atoms with E-state index in [2.05, 4.69) is 60.1 Å². The Morgan fingerprint density at radius 2 is 1.50 bits per heavy atom. The Labute approximate surface area is 174 Å². The van der Waals surface area contributed by atoms with E-state index in [0.717, 1.165) is 51.8 Å². The Morgan fingerprint density at radius 1 is 0.857 bits per heavy atom. The Bertz CT molecular complexity index is 436. The Hall–Kier alpha value is -0.850. The van der Waals surface area contributed by atoms with Crippen molar-refractivity contribution in [1.29, 1.82) is 0 Å². The van der Waals surface area contributed by atoms with Gasteiger partial charge in [-0.2, -0.15) is 0 Å². The number of hydrogen-bond acceptors (Lipinski definition) is 4. The third-order valence-corrected chi connectivity index (χ3v) is 6.38. The van der Waals surface area contributed by atoms with Crippen LogP contribution < -0.4 is 10.6 Å². The van der Waals surface area contributed by atoms with Gasteiger partial charge in [0.25, 0.3) is 0 Å². The van der Waals surface area contributed by atoms with Crippen LogP contribution in [-0.2, 0) is 0 Å². The van der Waals surface area contributed by atoms with Crippen molar-refractivity contribution in [3.63, 3.8) is 0 Å². The molecule has 2 fully saturated rings. The standard InChI is InChI=1S/C22H46N6/c1-6-23-22(24-17-20(4)27-15-13-26(5)14-16-27)25-18-21(19(2)3)28-11-9-7-8-10-12-28/h19-21H,6-18H2,1-5H3,(H2,23,24,25). The molecule has 0 aromatic heterocycles. The van der Waals surface area contributed by atoms with Gasteiger partial charge >= 0.3 is 0 Å². The molecule has 0 aromatic rings. The fourth-order valence-electron chi connectivity index (χ4n) is 4.36. The van der Waals surface area contributed by atoms with E-state index in [4.69, 9.17) is 4.99 Å². The van der Waals surface area contributed by atoms with Gasteiger partial charge in [0.1, 0.15) is 0 Å². The Kier molecular flexibility index (Phi) is 10.6. The first-order chi connectivity index (χ1) is 13.5. The van der Waals surface area contributed by atoms with Crippen LogP contribution in [0.15, 0.2) is 4.99 Å². The zero-order valence-electron chi connectivity index (χ0n) is 19.2. The first kappa shape index (κ1) is 23.4. The molecule has 2 rings (SSSR count). The third kappa shape index (κ3) is 7.88. The van der Waals surface area contributed by atoms with Gasteiger partial charge in [-0.15, -0.1) is 0 Å². The van der Waals surface area contributed by atoms with Crippen molar-refractivity contribution in [3.05, 3.63) is 0 Å². The lowest BCUT2D eigenvalue weighted by Crippen LogP contribution is -2.51. The monoisotopic (exact) mass is 394 g/mol. The Morgan fingerprint density at radius 3 is 2.07 bits per heavy atom. The molecule has 2 heterocycles. The van der Waals surface area contributed by atoms with E-state index in [0.29, 0.717) is 18.0 Å². The maximum Gasteiger partial charge on any atom is 0.191 e. The molecular formula is C22H46N6. The van der Waals surface area contributed by atoms with Crippen molar-refractivity contribution in [2.45, 2.75) is 65.5 Å². The lowest BCUT2D eigenvalue weighted by molar-refractivity contribution is 0.122. The smallest absolute Gasteiger partial charge is 0.191 e. The summed E-state index contributed by atoms with van der Waals surface area (Å²) in [6.45, 7) is 19.1. The third-order valence-electron chi connectivity index (χ3n) is 6.38. The second-order valence-corrected chi connectivity index (χ2v) is 9.05. The van der Waals surface area contributed by atoms with Crippen molar-refractivity contribution in [2.75, 3.05) is 66.0 Å². The molecule has 6 nitrogen and oxygen atoms in total. The maximum atomic E-state index is 4.92. The van der Waals surface area contributed by atoms with Crippen molar-refractivity contribution in [3.8, 4) is 0 Å². The normalized spacial score (nSPS) is 23.4. The Balaban J connectivity index is 1.87. The molecule has 0 saturated carbocycles. The number of likely N-dealkylation sites (tertiary alicyclic amines) is 1. The molecule has 0 aliphatic carbocycles. The van der Waals surface area contributed by atoms with Crippen molar-refractivity contribution in [2.24, 2.45) is 10.9 Å². The zero-order chi connectivity index (χ0) is 20.4. The molecule has 6 heteroatoms. The van der Waals surface area contributed by atoms with Gasteiger partial charge in [-0.3, -0.25) is 14.8 Å². The average molecular weight is 395 g/mol. The molecule has 2 saturated heterocycles. The second kappa shape index (κ2) is 12.7. The number of hydrogen-bond donors (Lipinski definition) is 2. The minimum atomic E-state index is 0.496. The minimum Gasteiger partial charge on any atom is -0.357 e.